The Morgan fingerprint density at radius 3 is 2.78 bits per heavy atom. The standard InChI is InChI=1S/C20H19N3O2S2/c24-18(23-10-4-8-16(23)17-9-5-11-26-17)12-15-13-27-20(21-15)22-19(25)14-6-2-1-3-7-14/h1-3,5-7,9,11,13,16H,4,8,10,12H2,(H,21,22,25). The minimum atomic E-state index is -0.194. The number of hydrogen-bond acceptors (Lipinski definition) is 5. The Morgan fingerprint density at radius 1 is 1.15 bits per heavy atom. The molecule has 1 aromatic carbocycles. The largest absolute Gasteiger partial charge is 0.335 e. The first kappa shape index (κ1) is 17.9. The van der Waals surface area contributed by atoms with Gasteiger partial charge in [0.15, 0.2) is 5.13 Å². The molecule has 1 aliphatic heterocycles. The maximum absolute atomic E-state index is 12.8. The quantitative estimate of drug-likeness (QED) is 0.696. The third-order valence-corrected chi connectivity index (χ3v) is 6.37. The van der Waals surface area contributed by atoms with Crippen LogP contribution in [-0.4, -0.2) is 28.2 Å². The summed E-state index contributed by atoms with van der Waals surface area (Å²) in [6.07, 6.45) is 2.31. The lowest BCUT2D eigenvalue weighted by molar-refractivity contribution is -0.131. The molecule has 0 bridgehead atoms. The maximum atomic E-state index is 12.8. The van der Waals surface area contributed by atoms with Gasteiger partial charge in [-0.05, 0) is 36.4 Å². The molecule has 3 heterocycles. The van der Waals surface area contributed by atoms with Crippen molar-refractivity contribution in [3.8, 4) is 0 Å². The molecule has 1 atom stereocenters. The molecule has 4 rings (SSSR count). The highest BCUT2D eigenvalue weighted by molar-refractivity contribution is 7.14. The van der Waals surface area contributed by atoms with E-state index >= 15 is 0 Å². The van der Waals surface area contributed by atoms with Gasteiger partial charge < -0.3 is 4.90 Å². The van der Waals surface area contributed by atoms with Crippen LogP contribution in [0.25, 0.3) is 0 Å². The predicted molar refractivity (Wildman–Crippen MR) is 108 cm³/mol. The van der Waals surface area contributed by atoms with Crippen molar-refractivity contribution in [3.05, 3.63) is 69.4 Å². The van der Waals surface area contributed by atoms with Crippen molar-refractivity contribution in [3.63, 3.8) is 0 Å². The van der Waals surface area contributed by atoms with E-state index in [4.69, 9.17) is 0 Å². The van der Waals surface area contributed by atoms with Crippen LogP contribution in [0.15, 0.2) is 53.2 Å². The maximum Gasteiger partial charge on any atom is 0.257 e. The van der Waals surface area contributed by atoms with Crippen LogP contribution in [0, 0.1) is 0 Å². The average molecular weight is 398 g/mol. The second kappa shape index (κ2) is 8.02. The third-order valence-electron chi connectivity index (χ3n) is 4.59. The number of hydrogen-bond donors (Lipinski definition) is 1. The van der Waals surface area contributed by atoms with Gasteiger partial charge in [-0.2, -0.15) is 0 Å². The summed E-state index contributed by atoms with van der Waals surface area (Å²) in [6.45, 7) is 0.795. The van der Waals surface area contributed by atoms with Crippen molar-refractivity contribution in [1.29, 1.82) is 0 Å². The van der Waals surface area contributed by atoms with E-state index in [0.29, 0.717) is 16.4 Å². The van der Waals surface area contributed by atoms with Gasteiger partial charge in [-0.3, -0.25) is 14.9 Å². The summed E-state index contributed by atoms with van der Waals surface area (Å²) in [5, 5.41) is 7.21. The number of benzene rings is 1. The number of thiophene rings is 1. The van der Waals surface area contributed by atoms with Crippen molar-refractivity contribution >= 4 is 39.6 Å². The first-order valence-corrected chi connectivity index (χ1v) is 10.6. The van der Waals surface area contributed by atoms with Gasteiger partial charge in [0.2, 0.25) is 5.91 Å². The predicted octanol–water partition coefficient (Wildman–Crippen LogP) is 4.36. The van der Waals surface area contributed by atoms with Crippen molar-refractivity contribution in [2.45, 2.75) is 25.3 Å². The van der Waals surface area contributed by atoms with E-state index in [2.05, 4.69) is 21.7 Å². The molecular formula is C20H19N3O2S2. The van der Waals surface area contributed by atoms with Crippen LogP contribution in [0.5, 0.6) is 0 Å². The molecule has 138 valence electrons. The van der Waals surface area contributed by atoms with Crippen molar-refractivity contribution in [2.24, 2.45) is 0 Å². The van der Waals surface area contributed by atoms with E-state index in [1.807, 2.05) is 34.5 Å². The summed E-state index contributed by atoms with van der Waals surface area (Å²) in [5.41, 5.74) is 1.28. The monoisotopic (exact) mass is 397 g/mol. The molecule has 2 amide bonds. The molecule has 1 fully saturated rings. The van der Waals surface area contributed by atoms with E-state index in [-0.39, 0.29) is 24.3 Å². The molecule has 1 aliphatic rings. The lowest BCUT2D eigenvalue weighted by Crippen LogP contribution is -2.31. The van der Waals surface area contributed by atoms with Gasteiger partial charge in [0, 0.05) is 22.4 Å². The second-order valence-corrected chi connectivity index (χ2v) is 8.24. The number of amides is 2. The summed E-state index contributed by atoms with van der Waals surface area (Å²) < 4.78 is 0. The zero-order valence-electron chi connectivity index (χ0n) is 14.6. The number of nitrogens with zero attached hydrogens (tertiary/aromatic N) is 2. The summed E-state index contributed by atoms with van der Waals surface area (Å²) in [4.78, 5) is 32.6. The van der Waals surface area contributed by atoms with Gasteiger partial charge in [-0.25, -0.2) is 4.98 Å². The number of rotatable bonds is 5. The lowest BCUT2D eigenvalue weighted by atomic mass is 10.2. The minimum absolute atomic E-state index is 0.0946. The molecule has 0 radical (unpaired) electrons. The highest BCUT2D eigenvalue weighted by atomic mass is 32.1. The van der Waals surface area contributed by atoms with Crippen LogP contribution < -0.4 is 5.32 Å². The third kappa shape index (κ3) is 4.09. The Hall–Kier alpha value is -2.51. The number of aromatic nitrogens is 1. The molecule has 1 saturated heterocycles. The van der Waals surface area contributed by atoms with Gasteiger partial charge in [0.25, 0.3) is 5.91 Å². The topological polar surface area (TPSA) is 62.3 Å². The zero-order valence-corrected chi connectivity index (χ0v) is 16.3. The molecule has 1 N–H and O–H groups in total. The molecule has 0 spiro atoms. The first-order chi connectivity index (χ1) is 13.2. The van der Waals surface area contributed by atoms with Crippen LogP contribution in [-0.2, 0) is 11.2 Å². The smallest absolute Gasteiger partial charge is 0.257 e. The number of carbonyl (C=O) groups is 2. The minimum Gasteiger partial charge on any atom is -0.335 e. The molecule has 7 heteroatoms. The molecule has 1 unspecified atom stereocenters. The van der Waals surface area contributed by atoms with E-state index in [9.17, 15) is 9.59 Å². The fourth-order valence-corrected chi connectivity index (χ4v) is 4.88. The summed E-state index contributed by atoms with van der Waals surface area (Å²) >= 11 is 3.05. The van der Waals surface area contributed by atoms with Crippen molar-refractivity contribution in [1.82, 2.24) is 9.88 Å². The van der Waals surface area contributed by atoms with Crippen LogP contribution in [0.2, 0.25) is 0 Å². The molecule has 5 nitrogen and oxygen atoms in total. The molecule has 0 saturated carbocycles. The molecule has 3 aromatic rings. The Balaban J connectivity index is 1.39. The van der Waals surface area contributed by atoms with Crippen molar-refractivity contribution in [2.75, 3.05) is 11.9 Å². The molecular weight excluding hydrogens is 378 g/mol. The van der Waals surface area contributed by atoms with E-state index in [0.717, 1.165) is 19.4 Å². The Morgan fingerprint density at radius 2 is 2.00 bits per heavy atom. The number of carbonyl (C=O) groups excluding carboxylic acids is 2. The Bertz CT molecular complexity index is 922. The van der Waals surface area contributed by atoms with Crippen LogP contribution in [0.4, 0.5) is 5.13 Å². The lowest BCUT2D eigenvalue weighted by Gasteiger charge is -2.23. The highest BCUT2D eigenvalue weighted by Crippen LogP contribution is 2.34. The number of anilines is 1. The number of thiazole rings is 1. The molecule has 27 heavy (non-hydrogen) atoms. The normalized spacial score (nSPS) is 16.4. The Kier molecular flexibility index (Phi) is 5.31. The van der Waals surface area contributed by atoms with Crippen LogP contribution in [0.1, 0.15) is 39.8 Å². The van der Waals surface area contributed by atoms with Gasteiger partial charge in [-0.1, -0.05) is 24.3 Å². The van der Waals surface area contributed by atoms with Gasteiger partial charge in [0.05, 0.1) is 18.2 Å². The van der Waals surface area contributed by atoms with Gasteiger partial charge in [0.1, 0.15) is 0 Å². The van der Waals surface area contributed by atoms with Crippen LogP contribution in [0.3, 0.4) is 0 Å². The average Bonchev–Trinajstić information content (AvgIpc) is 3.43. The Labute approximate surface area is 165 Å². The zero-order chi connectivity index (χ0) is 18.6. The summed E-state index contributed by atoms with van der Waals surface area (Å²) in [6, 6.07) is 13.3. The van der Waals surface area contributed by atoms with E-state index in [1.165, 1.54) is 16.2 Å². The fourth-order valence-electron chi connectivity index (χ4n) is 3.30. The number of nitrogens with one attached hydrogen (secondary N) is 1. The van der Waals surface area contributed by atoms with E-state index in [1.54, 1.807) is 23.5 Å². The van der Waals surface area contributed by atoms with Gasteiger partial charge >= 0.3 is 0 Å². The number of likely N-dealkylation sites (tertiary alicyclic amines) is 1. The SMILES string of the molecule is O=C(Nc1nc(CC(=O)N2CCCC2c2cccs2)cs1)c1ccccc1. The molecule has 0 aliphatic carbocycles. The second-order valence-electron chi connectivity index (χ2n) is 6.40. The van der Waals surface area contributed by atoms with Gasteiger partial charge in [-0.15, -0.1) is 22.7 Å². The summed E-state index contributed by atoms with van der Waals surface area (Å²) in [7, 11) is 0. The fraction of sp³-hybridized carbons (Fsp3) is 0.250. The summed E-state index contributed by atoms with van der Waals surface area (Å²) in [5.74, 6) is -0.0998. The highest BCUT2D eigenvalue weighted by Gasteiger charge is 2.30. The molecule has 2 aromatic heterocycles. The van der Waals surface area contributed by atoms with E-state index < -0.39 is 0 Å². The van der Waals surface area contributed by atoms with Crippen LogP contribution >= 0.6 is 22.7 Å². The first-order valence-electron chi connectivity index (χ1n) is 8.84. The van der Waals surface area contributed by atoms with Crippen molar-refractivity contribution < 1.29 is 9.59 Å².